The molecule has 0 radical (unpaired) electrons. The molecule has 0 spiro atoms. The van der Waals surface area contributed by atoms with Crippen LogP contribution >= 0.6 is 35.0 Å². The lowest BCUT2D eigenvalue weighted by Gasteiger charge is -2.08. The summed E-state index contributed by atoms with van der Waals surface area (Å²) < 4.78 is 0. The number of aryl methyl sites for hydroxylation is 1. The summed E-state index contributed by atoms with van der Waals surface area (Å²) in [6, 6.07) is 7.53. The van der Waals surface area contributed by atoms with Gasteiger partial charge >= 0.3 is 0 Å². The topological polar surface area (TPSA) is 38.9 Å². The van der Waals surface area contributed by atoms with Crippen LogP contribution in [0.4, 0.5) is 0 Å². The normalized spacial score (nSPS) is 10.7. The molecule has 0 amide bonds. The summed E-state index contributed by atoms with van der Waals surface area (Å²) in [5.74, 6) is 0. The second kappa shape index (κ2) is 6.62. The van der Waals surface area contributed by atoms with Gasteiger partial charge in [-0.3, -0.25) is 0 Å². The van der Waals surface area contributed by atoms with Gasteiger partial charge < -0.3 is 5.73 Å². The number of hydrogen-bond donors (Lipinski definition) is 1. The molecule has 100 valence electrons. The van der Waals surface area contributed by atoms with Gasteiger partial charge in [0.25, 0.3) is 0 Å². The molecule has 0 saturated heterocycles. The summed E-state index contributed by atoms with van der Waals surface area (Å²) in [5, 5.41) is 2.29. The van der Waals surface area contributed by atoms with Crippen molar-refractivity contribution in [1.29, 1.82) is 0 Å². The van der Waals surface area contributed by atoms with Gasteiger partial charge in [-0.2, -0.15) is 0 Å². The van der Waals surface area contributed by atoms with Crippen LogP contribution in [0.2, 0.25) is 10.0 Å². The lowest BCUT2D eigenvalue weighted by Crippen LogP contribution is -2.03. The Morgan fingerprint density at radius 3 is 2.74 bits per heavy atom. The van der Waals surface area contributed by atoms with E-state index in [2.05, 4.69) is 11.1 Å². The Hall–Kier alpha value is -0.740. The van der Waals surface area contributed by atoms with Gasteiger partial charge in [-0.05, 0) is 49.2 Å². The summed E-state index contributed by atoms with van der Waals surface area (Å²) in [6.45, 7) is 2.67. The molecule has 0 fully saturated rings. The molecule has 0 unspecified atom stereocenters. The van der Waals surface area contributed by atoms with Crippen LogP contribution in [0.5, 0.6) is 0 Å². The van der Waals surface area contributed by atoms with Gasteiger partial charge in [-0.25, -0.2) is 4.98 Å². The van der Waals surface area contributed by atoms with Crippen molar-refractivity contribution in [2.24, 2.45) is 5.73 Å². The number of pyridine rings is 1. The van der Waals surface area contributed by atoms with Gasteiger partial charge in [0, 0.05) is 16.1 Å². The summed E-state index contributed by atoms with van der Waals surface area (Å²) in [4.78, 5) is 5.38. The highest BCUT2D eigenvalue weighted by Crippen LogP contribution is 2.35. The van der Waals surface area contributed by atoms with E-state index in [0.29, 0.717) is 16.6 Å². The average Bonchev–Trinajstić information content (AvgIpc) is 2.37. The minimum absolute atomic E-state index is 0.633. The van der Waals surface area contributed by atoms with Gasteiger partial charge in [0.2, 0.25) is 0 Å². The van der Waals surface area contributed by atoms with Gasteiger partial charge in [0.05, 0.1) is 5.02 Å². The third-order valence-electron chi connectivity index (χ3n) is 2.62. The number of halogens is 2. The lowest BCUT2D eigenvalue weighted by atomic mass is 10.2. The summed E-state index contributed by atoms with van der Waals surface area (Å²) in [7, 11) is 0. The number of rotatable bonds is 4. The molecule has 0 atom stereocenters. The van der Waals surface area contributed by atoms with Crippen LogP contribution in [0.1, 0.15) is 11.1 Å². The van der Waals surface area contributed by atoms with Crippen molar-refractivity contribution in [2.75, 3.05) is 6.54 Å². The molecule has 0 aliphatic rings. The minimum atomic E-state index is 0.633. The number of nitrogens with zero attached hydrogens (tertiary/aromatic N) is 1. The van der Waals surface area contributed by atoms with E-state index in [1.54, 1.807) is 12.1 Å². The van der Waals surface area contributed by atoms with Gasteiger partial charge in [-0.15, -0.1) is 0 Å². The van der Waals surface area contributed by atoms with Crippen LogP contribution in [0.25, 0.3) is 0 Å². The first kappa shape index (κ1) is 14.7. The number of aromatic nitrogens is 1. The Kier molecular flexibility index (Phi) is 5.11. The van der Waals surface area contributed by atoms with E-state index in [0.717, 1.165) is 27.5 Å². The van der Waals surface area contributed by atoms with Crippen LogP contribution in [-0.4, -0.2) is 11.5 Å². The first-order valence-corrected chi connectivity index (χ1v) is 7.46. The van der Waals surface area contributed by atoms with E-state index in [-0.39, 0.29) is 0 Å². The van der Waals surface area contributed by atoms with Crippen molar-refractivity contribution in [1.82, 2.24) is 4.98 Å². The lowest BCUT2D eigenvalue weighted by molar-refractivity contribution is 0.935. The van der Waals surface area contributed by atoms with Crippen molar-refractivity contribution >= 4 is 35.0 Å². The average molecular weight is 313 g/mol. The van der Waals surface area contributed by atoms with E-state index in [1.807, 2.05) is 19.2 Å². The molecule has 1 aromatic carbocycles. The summed E-state index contributed by atoms with van der Waals surface area (Å²) in [5.41, 5.74) is 7.82. The standard InChI is InChI=1S/C14H14Cl2N2S/c1-9-6-10(4-5-17)8-18-14(9)19-13-7-11(15)2-3-12(13)16/h2-3,6-8H,4-5,17H2,1H3. The maximum atomic E-state index is 6.16. The zero-order valence-electron chi connectivity index (χ0n) is 10.5. The fourth-order valence-corrected chi connectivity index (χ4v) is 3.05. The zero-order chi connectivity index (χ0) is 13.8. The second-order valence-electron chi connectivity index (χ2n) is 4.18. The third kappa shape index (κ3) is 3.86. The van der Waals surface area contributed by atoms with E-state index >= 15 is 0 Å². The molecule has 0 saturated carbocycles. The van der Waals surface area contributed by atoms with Crippen molar-refractivity contribution in [3.8, 4) is 0 Å². The zero-order valence-corrected chi connectivity index (χ0v) is 12.8. The van der Waals surface area contributed by atoms with Crippen LogP contribution < -0.4 is 5.73 Å². The Labute approximate surface area is 127 Å². The highest BCUT2D eigenvalue weighted by molar-refractivity contribution is 7.99. The number of hydrogen-bond acceptors (Lipinski definition) is 3. The van der Waals surface area contributed by atoms with Crippen molar-refractivity contribution < 1.29 is 0 Å². The largest absolute Gasteiger partial charge is 0.330 e. The first-order chi connectivity index (χ1) is 9.10. The SMILES string of the molecule is Cc1cc(CCN)cnc1Sc1cc(Cl)ccc1Cl. The molecule has 2 N–H and O–H groups in total. The Bertz CT molecular complexity index is 588. The molecule has 1 heterocycles. The number of nitrogens with two attached hydrogens (primary N) is 1. The molecule has 2 aromatic rings. The quantitative estimate of drug-likeness (QED) is 0.912. The van der Waals surface area contributed by atoms with Gasteiger partial charge in [0.15, 0.2) is 0 Å². The second-order valence-corrected chi connectivity index (χ2v) is 6.06. The predicted octanol–water partition coefficient (Wildman–Crippen LogP) is 4.35. The maximum absolute atomic E-state index is 6.16. The smallest absolute Gasteiger partial charge is 0.104 e. The molecule has 0 bridgehead atoms. The number of benzene rings is 1. The van der Waals surface area contributed by atoms with E-state index in [1.165, 1.54) is 11.8 Å². The molecule has 1 aromatic heterocycles. The predicted molar refractivity (Wildman–Crippen MR) is 82.3 cm³/mol. The molecule has 0 aliphatic heterocycles. The van der Waals surface area contributed by atoms with Crippen LogP contribution in [0, 0.1) is 6.92 Å². The Morgan fingerprint density at radius 2 is 2.05 bits per heavy atom. The minimum Gasteiger partial charge on any atom is -0.330 e. The highest BCUT2D eigenvalue weighted by Gasteiger charge is 2.08. The molecular weight excluding hydrogens is 299 g/mol. The van der Waals surface area contributed by atoms with Crippen molar-refractivity contribution in [3.05, 3.63) is 51.6 Å². The highest BCUT2D eigenvalue weighted by atomic mass is 35.5. The van der Waals surface area contributed by atoms with Gasteiger partial charge in [-0.1, -0.05) is 41.0 Å². The van der Waals surface area contributed by atoms with Crippen molar-refractivity contribution in [2.45, 2.75) is 23.3 Å². The fourth-order valence-electron chi connectivity index (χ4n) is 1.69. The van der Waals surface area contributed by atoms with E-state index in [4.69, 9.17) is 28.9 Å². The molecule has 5 heteroatoms. The van der Waals surface area contributed by atoms with Crippen molar-refractivity contribution in [3.63, 3.8) is 0 Å². The molecule has 19 heavy (non-hydrogen) atoms. The first-order valence-electron chi connectivity index (χ1n) is 5.88. The Balaban J connectivity index is 2.25. The monoisotopic (exact) mass is 312 g/mol. The third-order valence-corrected chi connectivity index (χ3v) is 4.47. The summed E-state index contributed by atoms with van der Waals surface area (Å²) in [6.07, 6.45) is 2.71. The van der Waals surface area contributed by atoms with Crippen LogP contribution in [0.3, 0.4) is 0 Å². The molecule has 2 nitrogen and oxygen atoms in total. The Morgan fingerprint density at radius 1 is 1.26 bits per heavy atom. The molecular formula is C14H14Cl2N2S. The molecule has 2 rings (SSSR count). The van der Waals surface area contributed by atoms with Crippen LogP contribution in [0.15, 0.2) is 40.4 Å². The molecule has 0 aliphatic carbocycles. The maximum Gasteiger partial charge on any atom is 0.104 e. The van der Waals surface area contributed by atoms with E-state index in [9.17, 15) is 0 Å². The summed E-state index contributed by atoms with van der Waals surface area (Å²) >= 11 is 13.7. The fraction of sp³-hybridized carbons (Fsp3) is 0.214. The van der Waals surface area contributed by atoms with Crippen LogP contribution in [-0.2, 0) is 6.42 Å². The van der Waals surface area contributed by atoms with Gasteiger partial charge in [0.1, 0.15) is 5.03 Å². The van der Waals surface area contributed by atoms with E-state index < -0.39 is 0 Å².